The number of rotatable bonds is 5. The molecular formula is C16H21N5OS. The molecule has 6 nitrogen and oxygen atoms in total. The normalized spacial score (nSPS) is 16.9. The molecule has 1 heterocycles. The molecule has 1 atom stereocenters. The second-order valence-corrected chi connectivity index (χ2v) is 7.12. The van der Waals surface area contributed by atoms with E-state index in [-0.39, 0.29) is 11.2 Å². The van der Waals surface area contributed by atoms with Crippen molar-refractivity contribution in [3.05, 3.63) is 30.3 Å². The lowest BCUT2D eigenvalue weighted by Gasteiger charge is -2.24. The molecule has 0 radical (unpaired) electrons. The highest BCUT2D eigenvalue weighted by molar-refractivity contribution is 8.00. The number of nitrogens with one attached hydrogen (secondary N) is 1. The van der Waals surface area contributed by atoms with Crippen molar-refractivity contribution < 1.29 is 4.79 Å². The van der Waals surface area contributed by atoms with E-state index in [9.17, 15) is 4.79 Å². The van der Waals surface area contributed by atoms with Crippen molar-refractivity contribution in [3.63, 3.8) is 0 Å². The van der Waals surface area contributed by atoms with Gasteiger partial charge in [0.25, 0.3) is 0 Å². The molecule has 23 heavy (non-hydrogen) atoms. The van der Waals surface area contributed by atoms with Gasteiger partial charge < -0.3 is 5.32 Å². The van der Waals surface area contributed by atoms with Gasteiger partial charge in [-0.05, 0) is 42.3 Å². The average Bonchev–Trinajstić information content (AvgIpc) is 3.04. The Balaban J connectivity index is 1.63. The molecule has 1 aliphatic rings. The van der Waals surface area contributed by atoms with Crippen LogP contribution in [0.2, 0.25) is 0 Å². The van der Waals surface area contributed by atoms with Crippen LogP contribution < -0.4 is 5.32 Å². The molecule has 1 fully saturated rings. The smallest absolute Gasteiger partial charge is 0.233 e. The fourth-order valence-electron chi connectivity index (χ4n) is 2.76. The van der Waals surface area contributed by atoms with Gasteiger partial charge in [0.2, 0.25) is 11.1 Å². The molecule has 7 heteroatoms. The number of amides is 1. The van der Waals surface area contributed by atoms with E-state index in [4.69, 9.17) is 0 Å². The average molecular weight is 331 g/mol. The van der Waals surface area contributed by atoms with E-state index in [1.807, 2.05) is 37.3 Å². The van der Waals surface area contributed by atoms with E-state index in [0.29, 0.717) is 11.2 Å². The van der Waals surface area contributed by atoms with Crippen LogP contribution in [-0.2, 0) is 4.79 Å². The van der Waals surface area contributed by atoms with Crippen LogP contribution in [0.3, 0.4) is 0 Å². The van der Waals surface area contributed by atoms with Crippen LogP contribution in [0.15, 0.2) is 35.5 Å². The minimum atomic E-state index is -0.231. The molecule has 2 aromatic rings. The van der Waals surface area contributed by atoms with Crippen LogP contribution in [0.1, 0.15) is 39.0 Å². The Morgan fingerprint density at radius 3 is 2.74 bits per heavy atom. The highest BCUT2D eigenvalue weighted by Gasteiger charge is 2.22. The standard InChI is InChI=1S/C16H21N5OS/c1-12(15(22)17-13-8-4-2-5-9-13)23-16-18-19-20-21(16)14-10-6-3-7-11-14/h3,6-7,10-13H,2,4-5,8-9H2,1H3,(H,17,22)/t12-/m1/s1. The summed E-state index contributed by atoms with van der Waals surface area (Å²) in [4.78, 5) is 12.4. The number of carbonyl (C=O) groups is 1. The van der Waals surface area contributed by atoms with Gasteiger partial charge in [-0.25, -0.2) is 0 Å². The molecule has 0 unspecified atom stereocenters. The first-order valence-electron chi connectivity index (χ1n) is 8.05. The third-order valence-electron chi connectivity index (χ3n) is 4.04. The predicted molar refractivity (Wildman–Crippen MR) is 89.5 cm³/mol. The van der Waals surface area contributed by atoms with Crippen LogP contribution in [0, 0.1) is 0 Å². The molecule has 1 amide bonds. The molecule has 0 aliphatic heterocycles. The van der Waals surface area contributed by atoms with Crippen LogP contribution >= 0.6 is 11.8 Å². The van der Waals surface area contributed by atoms with Gasteiger partial charge in [-0.15, -0.1) is 5.10 Å². The van der Waals surface area contributed by atoms with Crippen molar-refractivity contribution in [1.29, 1.82) is 0 Å². The molecule has 0 spiro atoms. The number of hydrogen-bond acceptors (Lipinski definition) is 5. The second-order valence-electron chi connectivity index (χ2n) is 5.81. The van der Waals surface area contributed by atoms with Crippen molar-refractivity contribution in [2.24, 2.45) is 0 Å². The summed E-state index contributed by atoms with van der Waals surface area (Å²) in [7, 11) is 0. The van der Waals surface area contributed by atoms with Gasteiger partial charge in [-0.1, -0.05) is 49.2 Å². The van der Waals surface area contributed by atoms with E-state index in [0.717, 1.165) is 18.5 Å². The van der Waals surface area contributed by atoms with Crippen molar-refractivity contribution >= 4 is 17.7 Å². The molecule has 1 aromatic carbocycles. The zero-order chi connectivity index (χ0) is 16.1. The van der Waals surface area contributed by atoms with E-state index in [1.165, 1.54) is 31.0 Å². The summed E-state index contributed by atoms with van der Waals surface area (Å²) in [5, 5.41) is 15.3. The number of thioether (sulfide) groups is 1. The van der Waals surface area contributed by atoms with Crippen LogP contribution in [0.4, 0.5) is 0 Å². The Bertz CT molecular complexity index is 639. The zero-order valence-corrected chi connectivity index (χ0v) is 14.0. The number of para-hydroxylation sites is 1. The first-order chi connectivity index (χ1) is 11.2. The van der Waals surface area contributed by atoms with E-state index in [1.54, 1.807) is 4.68 Å². The highest BCUT2D eigenvalue weighted by Crippen LogP contribution is 2.24. The second kappa shape index (κ2) is 7.59. The number of benzene rings is 1. The van der Waals surface area contributed by atoms with Crippen molar-refractivity contribution in [1.82, 2.24) is 25.5 Å². The fourth-order valence-corrected chi connectivity index (χ4v) is 3.58. The van der Waals surface area contributed by atoms with Gasteiger partial charge in [-0.3, -0.25) is 4.79 Å². The first-order valence-corrected chi connectivity index (χ1v) is 8.93. The van der Waals surface area contributed by atoms with E-state index >= 15 is 0 Å². The van der Waals surface area contributed by atoms with Crippen molar-refractivity contribution in [2.45, 2.75) is 55.5 Å². The summed E-state index contributed by atoms with van der Waals surface area (Å²) in [5.74, 6) is 0.0597. The minimum absolute atomic E-state index is 0.0597. The van der Waals surface area contributed by atoms with Gasteiger partial charge in [0.15, 0.2) is 0 Å². The highest BCUT2D eigenvalue weighted by atomic mass is 32.2. The molecule has 1 saturated carbocycles. The SMILES string of the molecule is C[C@@H](Sc1nnnn1-c1ccccc1)C(=O)NC1CCCCC1. The summed E-state index contributed by atoms with van der Waals surface area (Å²) in [6.07, 6.45) is 5.87. The van der Waals surface area contributed by atoms with Gasteiger partial charge in [0, 0.05) is 6.04 Å². The third kappa shape index (κ3) is 4.10. The molecular weight excluding hydrogens is 310 g/mol. The summed E-state index contributed by atoms with van der Waals surface area (Å²) < 4.78 is 1.66. The molecule has 122 valence electrons. The van der Waals surface area contributed by atoms with Crippen LogP contribution in [0.25, 0.3) is 5.69 Å². The van der Waals surface area contributed by atoms with Crippen LogP contribution in [-0.4, -0.2) is 37.4 Å². The predicted octanol–water partition coefficient (Wildman–Crippen LogP) is 2.59. The van der Waals surface area contributed by atoms with Crippen molar-refractivity contribution in [2.75, 3.05) is 0 Å². The quantitative estimate of drug-likeness (QED) is 0.853. The number of hydrogen-bond donors (Lipinski definition) is 1. The van der Waals surface area contributed by atoms with E-state index in [2.05, 4.69) is 20.8 Å². The number of aromatic nitrogens is 4. The van der Waals surface area contributed by atoms with Crippen LogP contribution in [0.5, 0.6) is 0 Å². The van der Waals surface area contributed by atoms with Gasteiger partial charge in [0.05, 0.1) is 10.9 Å². The monoisotopic (exact) mass is 331 g/mol. The summed E-state index contributed by atoms with van der Waals surface area (Å²) in [6.45, 7) is 1.90. The lowest BCUT2D eigenvalue weighted by atomic mass is 9.95. The topological polar surface area (TPSA) is 72.7 Å². The number of tetrazole rings is 1. The van der Waals surface area contributed by atoms with Gasteiger partial charge in [0.1, 0.15) is 0 Å². The number of carbonyl (C=O) groups excluding carboxylic acids is 1. The molecule has 0 saturated heterocycles. The molecule has 1 aliphatic carbocycles. The first kappa shape index (κ1) is 16.0. The maximum atomic E-state index is 12.4. The largest absolute Gasteiger partial charge is 0.352 e. The lowest BCUT2D eigenvalue weighted by Crippen LogP contribution is -2.40. The van der Waals surface area contributed by atoms with Gasteiger partial charge >= 0.3 is 0 Å². The fraction of sp³-hybridized carbons (Fsp3) is 0.500. The molecule has 1 aromatic heterocycles. The maximum Gasteiger partial charge on any atom is 0.233 e. The summed E-state index contributed by atoms with van der Waals surface area (Å²) in [5.41, 5.74) is 0.889. The number of nitrogens with zero attached hydrogens (tertiary/aromatic N) is 4. The Morgan fingerprint density at radius 1 is 1.26 bits per heavy atom. The molecule has 0 bridgehead atoms. The summed E-state index contributed by atoms with van der Waals surface area (Å²) in [6, 6.07) is 10.0. The maximum absolute atomic E-state index is 12.4. The Kier molecular flexibility index (Phi) is 5.27. The third-order valence-corrected chi connectivity index (χ3v) is 5.08. The molecule has 3 rings (SSSR count). The molecule has 1 N–H and O–H groups in total. The summed E-state index contributed by atoms with van der Waals surface area (Å²) >= 11 is 1.38. The van der Waals surface area contributed by atoms with Gasteiger partial charge in [-0.2, -0.15) is 4.68 Å². The Morgan fingerprint density at radius 2 is 2.00 bits per heavy atom. The lowest BCUT2D eigenvalue weighted by molar-refractivity contribution is -0.121. The minimum Gasteiger partial charge on any atom is -0.352 e. The van der Waals surface area contributed by atoms with Crippen molar-refractivity contribution in [3.8, 4) is 5.69 Å². The Hall–Kier alpha value is -1.89. The Labute approximate surface area is 140 Å². The zero-order valence-electron chi connectivity index (χ0n) is 13.2. The van der Waals surface area contributed by atoms with E-state index < -0.39 is 0 Å².